The molecule has 3 N–H and O–H groups in total. The Bertz CT molecular complexity index is 657. The van der Waals surface area contributed by atoms with Crippen LogP contribution >= 0.6 is 0 Å². The number of carboxylic acids is 1. The summed E-state index contributed by atoms with van der Waals surface area (Å²) >= 11 is 0. The number of fused-ring (bicyclic) bond motifs is 5. The normalized spacial score (nSPS) is 48.8. The van der Waals surface area contributed by atoms with E-state index in [1.165, 1.54) is 12.0 Å². The van der Waals surface area contributed by atoms with Crippen molar-refractivity contribution in [3.8, 4) is 0 Å². The van der Waals surface area contributed by atoms with Crippen LogP contribution in [-0.4, -0.2) is 33.5 Å². The summed E-state index contributed by atoms with van der Waals surface area (Å²) in [7, 11) is 0. The van der Waals surface area contributed by atoms with E-state index in [0.29, 0.717) is 36.0 Å². The predicted octanol–water partition coefficient (Wildman–Crippen LogP) is 4.40. The van der Waals surface area contributed by atoms with Gasteiger partial charge in [-0.1, -0.05) is 32.4 Å². The molecule has 0 aromatic heterocycles. The number of carbonyl (C=O) groups is 1. The molecule has 0 aromatic rings. The van der Waals surface area contributed by atoms with Crippen LogP contribution in [0.4, 0.5) is 0 Å². The molecule has 3 saturated carbocycles. The molecule has 0 heterocycles. The number of aliphatic hydroxyl groups excluding tert-OH is 2. The lowest BCUT2D eigenvalue weighted by Gasteiger charge is -2.60. The molecule has 4 heteroatoms. The van der Waals surface area contributed by atoms with Crippen LogP contribution in [0.25, 0.3) is 0 Å². The zero-order valence-corrected chi connectivity index (χ0v) is 17.7. The number of hydrogen-bond acceptors (Lipinski definition) is 3. The molecule has 158 valence electrons. The Morgan fingerprint density at radius 2 is 1.96 bits per heavy atom. The number of allylic oxidation sites excluding steroid dienone is 1. The smallest absolute Gasteiger partial charge is 0.303 e. The molecule has 4 rings (SSSR count). The van der Waals surface area contributed by atoms with Crippen molar-refractivity contribution >= 4 is 5.97 Å². The summed E-state index contributed by atoms with van der Waals surface area (Å²) in [5, 5.41) is 30.7. The Hall–Kier alpha value is -0.870. The lowest BCUT2D eigenvalue weighted by Crippen LogP contribution is -2.56. The second kappa shape index (κ2) is 7.12. The predicted molar refractivity (Wildman–Crippen MR) is 109 cm³/mol. The highest BCUT2D eigenvalue weighted by Crippen LogP contribution is 2.67. The van der Waals surface area contributed by atoms with Crippen molar-refractivity contribution < 1.29 is 20.1 Å². The van der Waals surface area contributed by atoms with Crippen LogP contribution in [0.3, 0.4) is 0 Å². The monoisotopic (exact) mass is 390 g/mol. The maximum Gasteiger partial charge on any atom is 0.303 e. The van der Waals surface area contributed by atoms with E-state index in [2.05, 4.69) is 26.8 Å². The van der Waals surface area contributed by atoms with Crippen molar-refractivity contribution in [3.63, 3.8) is 0 Å². The maximum absolute atomic E-state index is 11.4. The van der Waals surface area contributed by atoms with Gasteiger partial charge in [-0.3, -0.25) is 4.79 Å². The highest BCUT2D eigenvalue weighted by Gasteiger charge is 2.62. The van der Waals surface area contributed by atoms with Crippen LogP contribution in [0.2, 0.25) is 0 Å². The largest absolute Gasteiger partial charge is 0.481 e. The molecule has 0 aliphatic heterocycles. The standard InChI is InChI=1S/C24H38O4/c1-14(4-9-22(27)28)18-7-8-19-17-6-5-15-12-16(25)10-11-23(15,2)20(17)13-21(26)24(18,19)3/h5,14,16-21,25-26H,4,6-13H2,1-3H3,(H,27,28)/t14?,16-,17-,18+,19-,20-,21-,23-,24+/m0/s1. The second-order valence-corrected chi connectivity index (χ2v) is 10.9. The number of rotatable bonds is 4. The van der Waals surface area contributed by atoms with E-state index < -0.39 is 5.97 Å². The zero-order chi connectivity index (χ0) is 20.3. The maximum atomic E-state index is 11.4. The molecule has 3 fully saturated rings. The van der Waals surface area contributed by atoms with Gasteiger partial charge in [0.2, 0.25) is 0 Å². The Morgan fingerprint density at radius 1 is 1.21 bits per heavy atom. The van der Waals surface area contributed by atoms with Crippen molar-refractivity contribution in [2.24, 2.45) is 40.4 Å². The van der Waals surface area contributed by atoms with Gasteiger partial charge in [0.1, 0.15) is 0 Å². The van der Waals surface area contributed by atoms with E-state index in [4.69, 9.17) is 5.11 Å². The minimum absolute atomic E-state index is 0.0883. The molecule has 4 aliphatic carbocycles. The second-order valence-electron chi connectivity index (χ2n) is 10.9. The Balaban J connectivity index is 1.59. The van der Waals surface area contributed by atoms with Gasteiger partial charge in [-0.25, -0.2) is 0 Å². The number of aliphatic carboxylic acids is 1. The average Bonchev–Trinajstić information content (AvgIpc) is 3.00. The van der Waals surface area contributed by atoms with E-state index in [9.17, 15) is 15.0 Å². The molecule has 1 unspecified atom stereocenters. The van der Waals surface area contributed by atoms with Crippen LogP contribution in [0.1, 0.15) is 78.6 Å². The summed E-state index contributed by atoms with van der Waals surface area (Å²) in [4.78, 5) is 11.1. The zero-order valence-electron chi connectivity index (χ0n) is 17.7. The summed E-state index contributed by atoms with van der Waals surface area (Å²) in [6, 6.07) is 0. The first kappa shape index (κ1) is 20.4. The van der Waals surface area contributed by atoms with Gasteiger partial charge in [-0.05, 0) is 91.8 Å². The summed E-state index contributed by atoms with van der Waals surface area (Å²) in [6.07, 6.45) is 9.84. The highest BCUT2D eigenvalue weighted by molar-refractivity contribution is 5.66. The van der Waals surface area contributed by atoms with Gasteiger partial charge in [-0.2, -0.15) is 0 Å². The fourth-order valence-electron chi connectivity index (χ4n) is 8.12. The summed E-state index contributed by atoms with van der Waals surface area (Å²) in [6.45, 7) is 6.89. The van der Waals surface area contributed by atoms with E-state index in [0.717, 1.165) is 38.5 Å². The van der Waals surface area contributed by atoms with E-state index in [-0.39, 0.29) is 29.5 Å². The first-order chi connectivity index (χ1) is 13.2. The topological polar surface area (TPSA) is 77.8 Å². The molecular formula is C24H38O4. The fourth-order valence-corrected chi connectivity index (χ4v) is 8.12. The molecule has 0 amide bonds. The lowest BCUT2D eigenvalue weighted by molar-refractivity contribution is -0.140. The summed E-state index contributed by atoms with van der Waals surface area (Å²) in [5.41, 5.74) is 1.49. The van der Waals surface area contributed by atoms with Gasteiger partial charge in [0.15, 0.2) is 0 Å². The number of carboxylic acid groups (broad SMARTS) is 1. The SMILES string of the molecule is CC(CCC(=O)O)[C@H]1CC[C@H]2[C@@H]3CC=C4C[C@@H](O)CC[C@]4(C)[C@H]3C[C@H](O)[C@]12C. The van der Waals surface area contributed by atoms with Crippen LogP contribution in [0, 0.1) is 40.4 Å². The molecule has 28 heavy (non-hydrogen) atoms. The van der Waals surface area contributed by atoms with Crippen molar-refractivity contribution in [2.75, 3.05) is 0 Å². The number of hydrogen-bond donors (Lipinski definition) is 3. The summed E-state index contributed by atoms with van der Waals surface area (Å²) < 4.78 is 0. The minimum Gasteiger partial charge on any atom is -0.481 e. The Morgan fingerprint density at radius 3 is 2.68 bits per heavy atom. The average molecular weight is 391 g/mol. The van der Waals surface area contributed by atoms with Crippen molar-refractivity contribution in [1.29, 1.82) is 0 Å². The van der Waals surface area contributed by atoms with Crippen molar-refractivity contribution in [1.82, 2.24) is 0 Å². The van der Waals surface area contributed by atoms with Crippen LogP contribution in [0.5, 0.6) is 0 Å². The van der Waals surface area contributed by atoms with Gasteiger partial charge in [0.05, 0.1) is 12.2 Å². The third-order valence-electron chi connectivity index (χ3n) is 9.76. The third-order valence-corrected chi connectivity index (χ3v) is 9.76. The molecule has 0 aromatic carbocycles. The van der Waals surface area contributed by atoms with E-state index in [1.54, 1.807) is 0 Å². The third kappa shape index (κ3) is 2.98. The molecule has 4 aliphatic rings. The van der Waals surface area contributed by atoms with Crippen molar-refractivity contribution in [2.45, 2.75) is 90.8 Å². The molecule has 4 nitrogen and oxygen atoms in total. The van der Waals surface area contributed by atoms with Crippen molar-refractivity contribution in [3.05, 3.63) is 11.6 Å². The van der Waals surface area contributed by atoms with E-state index >= 15 is 0 Å². The Kier molecular flexibility index (Phi) is 5.19. The molecule has 0 saturated heterocycles. The molecule has 0 spiro atoms. The van der Waals surface area contributed by atoms with Crippen LogP contribution in [-0.2, 0) is 4.79 Å². The fraction of sp³-hybridized carbons (Fsp3) is 0.875. The first-order valence-corrected chi connectivity index (χ1v) is 11.4. The highest BCUT2D eigenvalue weighted by atomic mass is 16.4. The minimum atomic E-state index is -0.715. The van der Waals surface area contributed by atoms with Crippen LogP contribution in [0.15, 0.2) is 11.6 Å². The van der Waals surface area contributed by atoms with Gasteiger partial charge in [0.25, 0.3) is 0 Å². The summed E-state index contributed by atoms with van der Waals surface area (Å²) in [5.74, 6) is 1.70. The Labute approximate surface area is 169 Å². The molecule has 0 radical (unpaired) electrons. The quantitative estimate of drug-likeness (QED) is 0.622. The molecule has 0 bridgehead atoms. The number of aliphatic hydroxyl groups is 2. The van der Waals surface area contributed by atoms with E-state index in [1.807, 2.05) is 0 Å². The first-order valence-electron chi connectivity index (χ1n) is 11.4. The van der Waals surface area contributed by atoms with Gasteiger partial charge in [0, 0.05) is 6.42 Å². The van der Waals surface area contributed by atoms with Gasteiger partial charge in [-0.15, -0.1) is 0 Å². The van der Waals surface area contributed by atoms with Gasteiger partial charge < -0.3 is 15.3 Å². The van der Waals surface area contributed by atoms with Gasteiger partial charge >= 0.3 is 5.97 Å². The lowest BCUT2D eigenvalue weighted by atomic mass is 9.46. The molecular weight excluding hydrogens is 352 g/mol. The molecule has 9 atom stereocenters. The van der Waals surface area contributed by atoms with Crippen LogP contribution < -0.4 is 0 Å².